The predicted molar refractivity (Wildman–Crippen MR) is 138 cm³/mol. The number of hydrogen-bond acceptors (Lipinski definition) is 6. The summed E-state index contributed by atoms with van der Waals surface area (Å²) in [7, 11) is -5.66. The molecule has 0 aromatic heterocycles. The van der Waals surface area contributed by atoms with Gasteiger partial charge in [-0.25, -0.2) is 0 Å². The molecule has 0 aromatic rings. The summed E-state index contributed by atoms with van der Waals surface area (Å²) in [4.78, 5) is 0. The fraction of sp³-hybridized carbons (Fsp3) is 1.00. The minimum atomic E-state index is -2.83. The first-order valence-corrected chi connectivity index (χ1v) is 16.0. The van der Waals surface area contributed by atoms with Crippen LogP contribution in [0.2, 0.25) is 0 Å². The molecular weight excluding hydrogens is 432 g/mol. The molecule has 3 heterocycles. The zero-order valence-electron chi connectivity index (χ0n) is 23.9. The summed E-state index contributed by atoms with van der Waals surface area (Å²) >= 11 is 0. The Morgan fingerprint density at radius 1 is 0.406 bits per heavy atom. The third-order valence-corrected chi connectivity index (χ3v) is 18.7. The van der Waals surface area contributed by atoms with Crippen molar-refractivity contribution in [1.82, 2.24) is 18.3 Å². The van der Waals surface area contributed by atoms with Gasteiger partial charge < -0.3 is 8.23 Å². The van der Waals surface area contributed by atoms with Crippen LogP contribution in [0.1, 0.15) is 111 Å². The van der Waals surface area contributed by atoms with Gasteiger partial charge in [0.15, 0.2) is 0 Å². The fourth-order valence-corrected chi connectivity index (χ4v) is 19.8. The fourth-order valence-electron chi connectivity index (χ4n) is 7.01. The summed E-state index contributed by atoms with van der Waals surface area (Å²) in [6, 6.07) is 1.48. The topological polar surface area (TPSA) is 31.4 Å². The molecule has 3 rings (SSSR count). The Hall–Kier alpha value is 0.194. The maximum atomic E-state index is 7.63. The zero-order chi connectivity index (χ0) is 25.0. The average Bonchev–Trinajstić information content (AvgIpc) is 2.84. The van der Waals surface area contributed by atoms with Crippen LogP contribution in [0.5, 0.6) is 0 Å². The first-order chi connectivity index (χ1) is 14.0. The van der Waals surface area contributed by atoms with E-state index in [1.165, 1.54) is 0 Å². The van der Waals surface area contributed by atoms with Gasteiger partial charge in [-0.2, -0.15) is 0 Å². The predicted octanol–water partition coefficient (Wildman–Crippen LogP) is 4.89. The molecule has 3 fully saturated rings. The van der Waals surface area contributed by atoms with E-state index < -0.39 is 17.8 Å². The molecule has 4 atom stereocenters. The van der Waals surface area contributed by atoms with Gasteiger partial charge in [-0.15, -0.1) is 0 Å². The molecule has 0 amide bonds. The molecule has 0 bridgehead atoms. The lowest BCUT2D eigenvalue weighted by Crippen LogP contribution is -2.93. The van der Waals surface area contributed by atoms with Crippen LogP contribution >= 0.6 is 0 Å². The first kappa shape index (κ1) is 26.8. The van der Waals surface area contributed by atoms with Crippen molar-refractivity contribution in [3.05, 3.63) is 0 Å². The maximum absolute atomic E-state index is 7.63. The van der Waals surface area contributed by atoms with Gasteiger partial charge in [0, 0.05) is 46.3 Å². The molecule has 0 radical (unpaired) electrons. The van der Waals surface area contributed by atoms with Crippen molar-refractivity contribution in [2.75, 3.05) is 0 Å². The van der Waals surface area contributed by atoms with Crippen LogP contribution in [0.4, 0.5) is 0 Å². The second-order valence-electron chi connectivity index (χ2n) is 14.4. The molecule has 188 valence electrons. The van der Waals surface area contributed by atoms with Crippen molar-refractivity contribution >= 4 is 17.8 Å². The normalized spacial score (nSPS) is 35.2. The highest BCUT2D eigenvalue weighted by Crippen LogP contribution is 2.56. The van der Waals surface area contributed by atoms with E-state index in [4.69, 9.17) is 8.23 Å². The van der Waals surface area contributed by atoms with E-state index in [1.54, 1.807) is 0 Å². The van der Waals surface area contributed by atoms with Gasteiger partial charge in [0.25, 0.3) is 0 Å². The number of rotatable bonds is 0. The maximum Gasteiger partial charge on any atom is 0.509 e. The van der Waals surface area contributed by atoms with Gasteiger partial charge in [-0.3, -0.25) is 18.3 Å². The highest BCUT2D eigenvalue weighted by Gasteiger charge is 2.85. The summed E-state index contributed by atoms with van der Waals surface area (Å²) in [6.07, 6.45) is 0. The Kier molecular flexibility index (Phi) is 6.16. The van der Waals surface area contributed by atoms with Crippen molar-refractivity contribution in [1.29, 1.82) is 0 Å². The number of nitrogens with zero attached hydrogens (tertiary/aromatic N) is 4. The molecule has 6 nitrogen and oxygen atoms in total. The molecule has 3 aliphatic rings. The average molecular weight is 485 g/mol. The van der Waals surface area contributed by atoms with E-state index in [0.29, 0.717) is 24.2 Å². The van der Waals surface area contributed by atoms with Crippen molar-refractivity contribution in [2.45, 2.75) is 157 Å². The molecule has 0 saturated carbocycles. The largest absolute Gasteiger partial charge is 0.509 e. The Balaban J connectivity index is 2.21. The molecule has 8 heteroatoms. The standard InChI is InChI=1S/C24H52N4O2Si2/c1-17-18(2)26(22(8,9)10)31(25(17)21(5,6)7)29-32(30-31)27(23(11,12)13)19(3)20(4)28(32)24(14,15)16/h17-20H,1-16H3/t17-,18-,19+,20+. The summed E-state index contributed by atoms with van der Waals surface area (Å²) in [5.41, 5.74) is -0.147. The van der Waals surface area contributed by atoms with Crippen molar-refractivity contribution < 1.29 is 8.23 Å². The van der Waals surface area contributed by atoms with Crippen molar-refractivity contribution in [2.24, 2.45) is 0 Å². The smallest absolute Gasteiger partial charge is 0.366 e. The first-order valence-electron chi connectivity index (χ1n) is 12.6. The SMILES string of the molecule is C[C@@H]1[C@@H](C)N(C(C)(C)C)[Si]2(O[Si]3(O2)N(C(C)(C)C)[C@@H](C)[C@H](C)N3C(C)(C)C)N1C(C)(C)C. The Bertz CT molecular complexity index is 612. The molecular formula is C24H52N4O2Si2. The Morgan fingerprint density at radius 2 is 0.562 bits per heavy atom. The summed E-state index contributed by atoms with van der Waals surface area (Å²) in [6.45, 7) is 37.3. The quantitative estimate of drug-likeness (QED) is 0.455. The molecule has 0 N–H and O–H groups in total. The summed E-state index contributed by atoms with van der Waals surface area (Å²) in [5, 5.41) is 0. The van der Waals surface area contributed by atoms with Crippen LogP contribution < -0.4 is 0 Å². The number of hydrogen-bond donors (Lipinski definition) is 0. The zero-order valence-corrected chi connectivity index (χ0v) is 25.9. The van der Waals surface area contributed by atoms with Gasteiger partial charge in [-0.05, 0) is 111 Å². The van der Waals surface area contributed by atoms with Gasteiger partial charge in [0.05, 0.1) is 0 Å². The molecule has 3 aliphatic heterocycles. The van der Waals surface area contributed by atoms with Crippen LogP contribution in [0.15, 0.2) is 0 Å². The summed E-state index contributed by atoms with van der Waals surface area (Å²) in [5.74, 6) is 0. The minimum Gasteiger partial charge on any atom is -0.366 e. The lowest BCUT2D eigenvalue weighted by Gasteiger charge is -2.65. The van der Waals surface area contributed by atoms with Gasteiger partial charge in [0.2, 0.25) is 0 Å². The van der Waals surface area contributed by atoms with E-state index >= 15 is 0 Å². The van der Waals surface area contributed by atoms with E-state index in [9.17, 15) is 0 Å². The van der Waals surface area contributed by atoms with Gasteiger partial charge >= 0.3 is 17.8 Å². The Labute approximate surface area is 201 Å². The minimum absolute atomic E-state index is 0.0368. The second kappa shape index (κ2) is 7.35. The van der Waals surface area contributed by atoms with Gasteiger partial charge in [-0.1, -0.05) is 0 Å². The van der Waals surface area contributed by atoms with Crippen LogP contribution in [0.3, 0.4) is 0 Å². The van der Waals surface area contributed by atoms with Crippen LogP contribution in [0.25, 0.3) is 0 Å². The van der Waals surface area contributed by atoms with Crippen LogP contribution in [-0.4, -0.2) is 82.4 Å². The molecule has 32 heavy (non-hydrogen) atoms. The highest BCUT2D eigenvalue weighted by atomic mass is 28.5. The molecule has 0 aromatic carbocycles. The second-order valence-corrected chi connectivity index (χ2v) is 20.2. The van der Waals surface area contributed by atoms with Crippen molar-refractivity contribution in [3.8, 4) is 0 Å². The monoisotopic (exact) mass is 484 g/mol. The Morgan fingerprint density at radius 3 is 0.688 bits per heavy atom. The molecule has 2 spiro atoms. The van der Waals surface area contributed by atoms with Crippen LogP contribution in [0, 0.1) is 0 Å². The highest BCUT2D eigenvalue weighted by molar-refractivity contribution is 6.90. The van der Waals surface area contributed by atoms with E-state index in [1.807, 2.05) is 0 Å². The lowest BCUT2D eigenvalue weighted by atomic mass is 10.0. The van der Waals surface area contributed by atoms with Gasteiger partial charge in [0.1, 0.15) is 0 Å². The molecule has 3 saturated heterocycles. The summed E-state index contributed by atoms with van der Waals surface area (Å²) < 4.78 is 25.8. The van der Waals surface area contributed by atoms with E-state index in [0.717, 1.165) is 0 Å². The van der Waals surface area contributed by atoms with Crippen LogP contribution in [-0.2, 0) is 8.23 Å². The molecule has 0 aliphatic carbocycles. The van der Waals surface area contributed by atoms with Crippen molar-refractivity contribution in [3.63, 3.8) is 0 Å². The lowest BCUT2D eigenvalue weighted by molar-refractivity contribution is -0.0191. The van der Waals surface area contributed by atoms with E-state index in [2.05, 4.69) is 129 Å². The third-order valence-electron chi connectivity index (χ3n) is 7.67. The molecule has 0 unspecified atom stereocenters. The van der Waals surface area contributed by atoms with E-state index in [-0.39, 0.29) is 22.2 Å². The third kappa shape index (κ3) is 3.63.